The van der Waals surface area contributed by atoms with Crippen LogP contribution >= 0.6 is 11.8 Å². The minimum atomic E-state index is -0.186. The van der Waals surface area contributed by atoms with Crippen molar-refractivity contribution >= 4 is 17.7 Å². The molecule has 3 rings (SSSR count). The van der Waals surface area contributed by atoms with E-state index in [0.717, 1.165) is 17.9 Å². The van der Waals surface area contributed by atoms with Crippen molar-refractivity contribution in [2.45, 2.75) is 19.0 Å². The van der Waals surface area contributed by atoms with E-state index in [0.29, 0.717) is 24.6 Å². The van der Waals surface area contributed by atoms with E-state index >= 15 is 0 Å². The van der Waals surface area contributed by atoms with E-state index in [1.165, 1.54) is 6.07 Å². The van der Waals surface area contributed by atoms with Crippen LogP contribution in [0.4, 0.5) is 4.39 Å². The third-order valence-electron chi connectivity index (χ3n) is 3.71. The van der Waals surface area contributed by atoms with E-state index in [1.54, 1.807) is 12.1 Å². The number of thioether (sulfide) groups is 1. The maximum atomic E-state index is 13.8. The molecule has 2 heterocycles. The second-order valence-corrected chi connectivity index (χ2v) is 6.28. The molecule has 2 aromatic rings. The molecule has 0 spiro atoms. The fourth-order valence-electron chi connectivity index (χ4n) is 2.51. The number of ether oxygens (including phenoxy) is 1. The van der Waals surface area contributed by atoms with Crippen molar-refractivity contribution in [2.75, 3.05) is 18.6 Å². The molecule has 0 N–H and O–H groups in total. The molecule has 1 atom stereocenters. The van der Waals surface area contributed by atoms with E-state index in [-0.39, 0.29) is 11.9 Å². The quantitative estimate of drug-likeness (QED) is 0.814. The van der Waals surface area contributed by atoms with Gasteiger partial charge in [-0.1, -0.05) is 18.2 Å². The standard InChI is InChI=1S/C17H19FN2OS/c1-22-10-8-14-12-21-17(19-14)16-7-4-9-20(16)11-13-5-2-3-6-15(13)18/h2-7,9,14H,8,10-12H2,1H3/t14-/m1/s1. The minimum Gasteiger partial charge on any atom is -0.474 e. The van der Waals surface area contributed by atoms with Gasteiger partial charge in [0.05, 0.1) is 12.6 Å². The zero-order chi connectivity index (χ0) is 15.4. The molecule has 1 aromatic carbocycles. The van der Waals surface area contributed by atoms with E-state index in [1.807, 2.05) is 40.7 Å². The summed E-state index contributed by atoms with van der Waals surface area (Å²) in [6.07, 6.45) is 5.06. The lowest BCUT2D eigenvalue weighted by Gasteiger charge is -2.09. The normalized spacial score (nSPS) is 17.4. The van der Waals surface area contributed by atoms with Crippen LogP contribution in [0.15, 0.2) is 47.6 Å². The summed E-state index contributed by atoms with van der Waals surface area (Å²) in [5.74, 6) is 1.57. The molecular formula is C17H19FN2OS. The lowest BCUT2D eigenvalue weighted by Crippen LogP contribution is -2.11. The Morgan fingerprint density at radius 3 is 3.00 bits per heavy atom. The SMILES string of the molecule is CSCC[C@@H]1COC(c2cccn2Cc2ccccc2F)=N1. The second-order valence-electron chi connectivity index (χ2n) is 5.29. The van der Waals surface area contributed by atoms with Gasteiger partial charge in [0.15, 0.2) is 0 Å². The van der Waals surface area contributed by atoms with Gasteiger partial charge in [0.1, 0.15) is 18.1 Å². The summed E-state index contributed by atoms with van der Waals surface area (Å²) in [6, 6.07) is 11.0. The van der Waals surface area contributed by atoms with Gasteiger partial charge >= 0.3 is 0 Å². The first-order chi connectivity index (χ1) is 10.8. The smallest absolute Gasteiger partial charge is 0.233 e. The van der Waals surface area contributed by atoms with E-state index in [2.05, 4.69) is 11.2 Å². The molecule has 116 valence electrons. The zero-order valence-electron chi connectivity index (χ0n) is 12.5. The molecule has 1 aliphatic rings. The van der Waals surface area contributed by atoms with Crippen molar-refractivity contribution in [3.63, 3.8) is 0 Å². The van der Waals surface area contributed by atoms with Crippen LogP contribution in [0.1, 0.15) is 17.7 Å². The van der Waals surface area contributed by atoms with Crippen molar-refractivity contribution in [2.24, 2.45) is 4.99 Å². The highest BCUT2D eigenvalue weighted by Gasteiger charge is 2.22. The van der Waals surface area contributed by atoms with Gasteiger partial charge in [0.2, 0.25) is 5.90 Å². The molecule has 1 aromatic heterocycles. The van der Waals surface area contributed by atoms with Crippen LogP contribution in [0.2, 0.25) is 0 Å². The Morgan fingerprint density at radius 2 is 2.18 bits per heavy atom. The van der Waals surface area contributed by atoms with E-state index in [4.69, 9.17) is 4.74 Å². The van der Waals surface area contributed by atoms with Gasteiger partial charge in [0.25, 0.3) is 0 Å². The molecule has 0 aliphatic carbocycles. The van der Waals surface area contributed by atoms with Crippen LogP contribution in [-0.4, -0.2) is 35.1 Å². The molecule has 0 unspecified atom stereocenters. The molecular weight excluding hydrogens is 299 g/mol. The van der Waals surface area contributed by atoms with Gasteiger partial charge in [-0.15, -0.1) is 0 Å². The van der Waals surface area contributed by atoms with Crippen LogP contribution in [0.3, 0.4) is 0 Å². The lowest BCUT2D eigenvalue weighted by molar-refractivity contribution is 0.314. The first kappa shape index (κ1) is 15.2. The van der Waals surface area contributed by atoms with Crippen LogP contribution in [0.25, 0.3) is 0 Å². The third kappa shape index (κ3) is 3.35. The molecule has 22 heavy (non-hydrogen) atoms. The largest absolute Gasteiger partial charge is 0.474 e. The summed E-state index contributed by atoms with van der Waals surface area (Å²) in [5, 5.41) is 0. The predicted octanol–water partition coefficient (Wildman–Crippen LogP) is 3.57. The average molecular weight is 318 g/mol. The predicted molar refractivity (Wildman–Crippen MR) is 89.2 cm³/mol. The molecule has 5 heteroatoms. The highest BCUT2D eigenvalue weighted by molar-refractivity contribution is 7.98. The molecule has 1 aliphatic heterocycles. The van der Waals surface area contributed by atoms with Crippen LogP contribution in [0.5, 0.6) is 0 Å². The van der Waals surface area contributed by atoms with Crippen LogP contribution in [-0.2, 0) is 11.3 Å². The number of hydrogen-bond donors (Lipinski definition) is 0. The second kappa shape index (κ2) is 7.01. The molecule has 0 amide bonds. The number of benzene rings is 1. The summed E-state index contributed by atoms with van der Waals surface area (Å²) in [7, 11) is 0. The summed E-state index contributed by atoms with van der Waals surface area (Å²) < 4.78 is 21.5. The number of rotatable bonds is 6. The fraction of sp³-hybridized carbons (Fsp3) is 0.353. The van der Waals surface area contributed by atoms with Gasteiger partial charge in [-0.05, 0) is 36.6 Å². The highest BCUT2D eigenvalue weighted by atomic mass is 32.2. The Bertz CT molecular complexity index is 668. The van der Waals surface area contributed by atoms with Gasteiger partial charge in [-0.2, -0.15) is 11.8 Å². The molecule has 0 fully saturated rings. The van der Waals surface area contributed by atoms with Crippen LogP contribution in [0, 0.1) is 5.82 Å². The topological polar surface area (TPSA) is 26.5 Å². The van der Waals surface area contributed by atoms with Gasteiger partial charge < -0.3 is 9.30 Å². The lowest BCUT2D eigenvalue weighted by atomic mass is 10.2. The number of aromatic nitrogens is 1. The van der Waals surface area contributed by atoms with Crippen molar-refractivity contribution in [3.05, 3.63) is 59.7 Å². The summed E-state index contributed by atoms with van der Waals surface area (Å²) in [5.41, 5.74) is 1.58. The van der Waals surface area contributed by atoms with E-state index in [9.17, 15) is 4.39 Å². The third-order valence-corrected chi connectivity index (χ3v) is 4.36. The Labute approximate surface area is 134 Å². The summed E-state index contributed by atoms with van der Waals surface area (Å²) in [6.45, 7) is 1.12. The fourth-order valence-corrected chi connectivity index (χ4v) is 3.02. The Kier molecular flexibility index (Phi) is 4.83. The summed E-state index contributed by atoms with van der Waals surface area (Å²) in [4.78, 5) is 4.66. The minimum absolute atomic E-state index is 0.186. The van der Waals surface area contributed by atoms with Crippen molar-refractivity contribution in [1.29, 1.82) is 0 Å². The van der Waals surface area contributed by atoms with Crippen molar-refractivity contribution < 1.29 is 9.13 Å². The molecule has 0 saturated carbocycles. The van der Waals surface area contributed by atoms with Gasteiger partial charge in [-0.3, -0.25) is 0 Å². The maximum Gasteiger partial charge on any atom is 0.233 e. The molecule has 0 bridgehead atoms. The number of aliphatic imine (C=N–C) groups is 1. The van der Waals surface area contributed by atoms with Gasteiger partial charge in [0, 0.05) is 11.8 Å². The molecule has 0 radical (unpaired) electrons. The maximum absolute atomic E-state index is 13.8. The molecule has 3 nitrogen and oxygen atoms in total. The van der Waals surface area contributed by atoms with Crippen LogP contribution < -0.4 is 0 Å². The van der Waals surface area contributed by atoms with E-state index < -0.39 is 0 Å². The number of halogens is 1. The Morgan fingerprint density at radius 1 is 1.32 bits per heavy atom. The summed E-state index contributed by atoms with van der Waals surface area (Å²) >= 11 is 1.82. The molecule has 0 saturated heterocycles. The first-order valence-corrected chi connectivity index (χ1v) is 8.76. The Hall–Kier alpha value is -1.75. The zero-order valence-corrected chi connectivity index (χ0v) is 13.4. The first-order valence-electron chi connectivity index (χ1n) is 7.36. The van der Waals surface area contributed by atoms with Gasteiger partial charge in [-0.25, -0.2) is 9.38 Å². The number of hydrogen-bond acceptors (Lipinski definition) is 3. The van der Waals surface area contributed by atoms with Crippen molar-refractivity contribution in [3.8, 4) is 0 Å². The highest BCUT2D eigenvalue weighted by Crippen LogP contribution is 2.18. The van der Waals surface area contributed by atoms with Crippen molar-refractivity contribution in [1.82, 2.24) is 4.57 Å². The number of nitrogens with zero attached hydrogens (tertiary/aromatic N) is 2. The average Bonchev–Trinajstić information content (AvgIpc) is 3.16. The monoisotopic (exact) mass is 318 g/mol. The Balaban J connectivity index is 1.77.